The molecule has 3 aromatic rings. The number of nitrogens with two attached hydrogens (primary N) is 1. The third kappa shape index (κ3) is 3.51. The number of nitrogen functional groups attached to an aromatic ring is 1. The number of fused-ring (bicyclic) bond motifs is 1. The van der Waals surface area contributed by atoms with Crippen LogP contribution in [0.25, 0.3) is 22.0 Å². The molecule has 0 fully saturated rings. The molecule has 0 spiro atoms. The summed E-state index contributed by atoms with van der Waals surface area (Å²) in [6.45, 7) is 2.37. The van der Waals surface area contributed by atoms with Crippen LogP contribution in [0.4, 0.5) is 5.95 Å². The standard InChI is InChI=1S/C18H18N4O3/c1-3-25-17-14-10-13(8-9-15(14)20-18(19)21-17)11-4-6-12(7-5-11)16(23)22-24-2/h4-10H,3H2,1-2H3,(H,22,23)(H2,19,20,21). The Hall–Kier alpha value is -3.19. The Labute approximate surface area is 144 Å². The number of hydrogen-bond acceptors (Lipinski definition) is 6. The molecule has 2 aromatic carbocycles. The third-order valence-corrected chi connectivity index (χ3v) is 3.63. The predicted molar refractivity (Wildman–Crippen MR) is 95.0 cm³/mol. The first-order chi connectivity index (χ1) is 12.1. The average Bonchev–Trinajstić information content (AvgIpc) is 2.62. The number of ether oxygens (including phenoxy) is 1. The summed E-state index contributed by atoms with van der Waals surface area (Å²) in [6, 6.07) is 13.0. The molecule has 3 N–H and O–H groups in total. The Morgan fingerprint density at radius 2 is 1.84 bits per heavy atom. The second-order valence-corrected chi connectivity index (χ2v) is 5.26. The molecule has 3 rings (SSSR count). The zero-order chi connectivity index (χ0) is 17.8. The van der Waals surface area contributed by atoms with Crippen molar-refractivity contribution in [3.63, 3.8) is 0 Å². The quantitative estimate of drug-likeness (QED) is 0.694. The molecule has 0 aliphatic carbocycles. The summed E-state index contributed by atoms with van der Waals surface area (Å²) < 4.78 is 5.57. The number of carbonyl (C=O) groups excluding carboxylic acids is 1. The van der Waals surface area contributed by atoms with Crippen LogP contribution in [-0.2, 0) is 4.84 Å². The van der Waals surface area contributed by atoms with E-state index >= 15 is 0 Å². The lowest BCUT2D eigenvalue weighted by atomic mass is 10.0. The van der Waals surface area contributed by atoms with Crippen LogP contribution in [-0.4, -0.2) is 29.6 Å². The molecule has 0 radical (unpaired) electrons. The van der Waals surface area contributed by atoms with Crippen LogP contribution < -0.4 is 16.0 Å². The maximum Gasteiger partial charge on any atom is 0.274 e. The van der Waals surface area contributed by atoms with Crippen molar-refractivity contribution in [1.29, 1.82) is 0 Å². The first kappa shape index (κ1) is 16.7. The fourth-order valence-electron chi connectivity index (χ4n) is 2.51. The minimum Gasteiger partial charge on any atom is -0.477 e. The van der Waals surface area contributed by atoms with E-state index in [0.29, 0.717) is 18.1 Å². The van der Waals surface area contributed by atoms with Crippen LogP contribution in [0.5, 0.6) is 5.88 Å². The van der Waals surface area contributed by atoms with Gasteiger partial charge in [0.15, 0.2) is 0 Å². The molecule has 1 amide bonds. The van der Waals surface area contributed by atoms with Crippen molar-refractivity contribution in [2.24, 2.45) is 0 Å². The van der Waals surface area contributed by atoms with Gasteiger partial charge in [0, 0.05) is 5.56 Å². The van der Waals surface area contributed by atoms with E-state index in [-0.39, 0.29) is 11.9 Å². The monoisotopic (exact) mass is 338 g/mol. The zero-order valence-corrected chi connectivity index (χ0v) is 13.9. The highest BCUT2D eigenvalue weighted by Crippen LogP contribution is 2.29. The van der Waals surface area contributed by atoms with Crippen molar-refractivity contribution in [2.75, 3.05) is 19.5 Å². The third-order valence-electron chi connectivity index (χ3n) is 3.63. The summed E-state index contributed by atoms with van der Waals surface area (Å²) in [4.78, 5) is 24.8. The second-order valence-electron chi connectivity index (χ2n) is 5.26. The maximum atomic E-state index is 11.7. The molecule has 7 nitrogen and oxygen atoms in total. The minimum absolute atomic E-state index is 0.178. The largest absolute Gasteiger partial charge is 0.477 e. The van der Waals surface area contributed by atoms with E-state index in [1.807, 2.05) is 37.3 Å². The van der Waals surface area contributed by atoms with Gasteiger partial charge >= 0.3 is 0 Å². The number of benzene rings is 2. The molecule has 0 aliphatic rings. The number of carbonyl (C=O) groups is 1. The Morgan fingerprint density at radius 3 is 2.52 bits per heavy atom. The number of hydrogen-bond donors (Lipinski definition) is 2. The Morgan fingerprint density at radius 1 is 1.12 bits per heavy atom. The van der Waals surface area contributed by atoms with E-state index in [4.69, 9.17) is 10.5 Å². The number of amides is 1. The number of rotatable bonds is 5. The first-order valence-corrected chi connectivity index (χ1v) is 7.76. The number of nitrogens with one attached hydrogen (secondary N) is 1. The molecule has 25 heavy (non-hydrogen) atoms. The van der Waals surface area contributed by atoms with Gasteiger partial charge in [-0.1, -0.05) is 18.2 Å². The SMILES string of the molecule is CCOc1nc(N)nc2ccc(-c3ccc(C(=O)NOC)cc3)cc12. The normalized spacial score (nSPS) is 10.6. The lowest BCUT2D eigenvalue weighted by Crippen LogP contribution is -2.21. The number of anilines is 1. The van der Waals surface area contributed by atoms with Crippen LogP contribution >= 0.6 is 0 Å². The fraction of sp³-hybridized carbons (Fsp3) is 0.167. The number of hydroxylamine groups is 1. The van der Waals surface area contributed by atoms with Gasteiger partial charge in [0.05, 0.1) is 24.6 Å². The predicted octanol–water partition coefficient (Wildman–Crippen LogP) is 2.57. The lowest BCUT2D eigenvalue weighted by Gasteiger charge is -2.09. The van der Waals surface area contributed by atoms with Crippen molar-refractivity contribution >= 4 is 22.8 Å². The molecule has 1 heterocycles. The minimum atomic E-state index is -0.296. The van der Waals surface area contributed by atoms with Crippen LogP contribution in [0.1, 0.15) is 17.3 Å². The molecule has 0 bridgehead atoms. The van der Waals surface area contributed by atoms with E-state index in [0.717, 1.165) is 22.0 Å². The average molecular weight is 338 g/mol. The van der Waals surface area contributed by atoms with Crippen molar-refractivity contribution in [3.8, 4) is 17.0 Å². The molecule has 128 valence electrons. The van der Waals surface area contributed by atoms with Gasteiger partial charge in [0.2, 0.25) is 11.8 Å². The second kappa shape index (κ2) is 7.14. The molecule has 0 unspecified atom stereocenters. The summed E-state index contributed by atoms with van der Waals surface area (Å²) in [5, 5.41) is 0.787. The fourth-order valence-corrected chi connectivity index (χ4v) is 2.51. The van der Waals surface area contributed by atoms with Gasteiger partial charge in [-0.25, -0.2) is 10.5 Å². The summed E-state index contributed by atoms with van der Waals surface area (Å²) in [5.74, 6) is 0.343. The van der Waals surface area contributed by atoms with Crippen molar-refractivity contribution in [1.82, 2.24) is 15.4 Å². The number of nitrogens with zero attached hydrogens (tertiary/aromatic N) is 2. The lowest BCUT2D eigenvalue weighted by molar-refractivity contribution is 0.0537. The zero-order valence-electron chi connectivity index (χ0n) is 13.9. The highest BCUT2D eigenvalue weighted by molar-refractivity contribution is 5.94. The van der Waals surface area contributed by atoms with Gasteiger partial charge in [-0.05, 0) is 42.3 Å². The molecule has 0 atom stereocenters. The van der Waals surface area contributed by atoms with E-state index in [9.17, 15) is 4.79 Å². The van der Waals surface area contributed by atoms with Gasteiger partial charge < -0.3 is 10.5 Å². The summed E-state index contributed by atoms with van der Waals surface area (Å²) in [5.41, 5.74) is 11.2. The Bertz CT molecular complexity index is 910. The van der Waals surface area contributed by atoms with Crippen molar-refractivity contribution < 1.29 is 14.4 Å². The molecule has 0 saturated heterocycles. The van der Waals surface area contributed by atoms with Crippen molar-refractivity contribution in [3.05, 3.63) is 48.0 Å². The van der Waals surface area contributed by atoms with Gasteiger partial charge in [0.1, 0.15) is 0 Å². The van der Waals surface area contributed by atoms with E-state index in [2.05, 4.69) is 20.3 Å². The highest BCUT2D eigenvalue weighted by Gasteiger charge is 2.10. The smallest absolute Gasteiger partial charge is 0.274 e. The molecular weight excluding hydrogens is 320 g/mol. The van der Waals surface area contributed by atoms with Gasteiger partial charge in [-0.15, -0.1) is 0 Å². The van der Waals surface area contributed by atoms with Crippen LogP contribution in [0.15, 0.2) is 42.5 Å². The summed E-state index contributed by atoms with van der Waals surface area (Å²) in [6.07, 6.45) is 0. The van der Waals surface area contributed by atoms with Gasteiger partial charge in [-0.3, -0.25) is 9.63 Å². The van der Waals surface area contributed by atoms with Gasteiger partial charge in [0.25, 0.3) is 5.91 Å². The van der Waals surface area contributed by atoms with Crippen molar-refractivity contribution in [2.45, 2.75) is 6.92 Å². The van der Waals surface area contributed by atoms with Crippen LogP contribution in [0.2, 0.25) is 0 Å². The molecule has 0 saturated carbocycles. The Kier molecular flexibility index (Phi) is 4.76. The van der Waals surface area contributed by atoms with E-state index < -0.39 is 0 Å². The molecular formula is C18H18N4O3. The highest BCUT2D eigenvalue weighted by atomic mass is 16.6. The summed E-state index contributed by atoms with van der Waals surface area (Å²) in [7, 11) is 1.39. The van der Waals surface area contributed by atoms with Crippen LogP contribution in [0.3, 0.4) is 0 Å². The first-order valence-electron chi connectivity index (χ1n) is 7.76. The Balaban J connectivity index is 2.00. The van der Waals surface area contributed by atoms with Crippen LogP contribution in [0, 0.1) is 0 Å². The van der Waals surface area contributed by atoms with E-state index in [1.165, 1.54) is 7.11 Å². The van der Waals surface area contributed by atoms with Gasteiger partial charge in [-0.2, -0.15) is 4.98 Å². The molecule has 7 heteroatoms. The summed E-state index contributed by atoms with van der Waals surface area (Å²) >= 11 is 0. The molecule has 1 aromatic heterocycles. The topological polar surface area (TPSA) is 99.4 Å². The van der Waals surface area contributed by atoms with E-state index in [1.54, 1.807) is 12.1 Å². The maximum absolute atomic E-state index is 11.7. The number of aromatic nitrogens is 2. The molecule has 0 aliphatic heterocycles.